The van der Waals surface area contributed by atoms with Crippen molar-refractivity contribution >= 4 is 0 Å². The molecular formula is C15H16F2N2O2. The standard InChI is InChI=1S/C15H16F2N2O2/c16-10-6-9(7-11(17)8-10)14-18-15(21-19-14)12-4-2-1-3-5-13(12)20/h6-8,12-13,20H,1-5H2. The summed E-state index contributed by atoms with van der Waals surface area (Å²) in [5.41, 5.74) is 0.227. The van der Waals surface area contributed by atoms with Crippen LogP contribution >= 0.6 is 0 Å². The van der Waals surface area contributed by atoms with Crippen LogP contribution in [0, 0.1) is 11.6 Å². The Morgan fingerprint density at radius 3 is 2.52 bits per heavy atom. The van der Waals surface area contributed by atoms with Gasteiger partial charge < -0.3 is 9.63 Å². The van der Waals surface area contributed by atoms with Crippen molar-refractivity contribution in [3.8, 4) is 11.4 Å². The SMILES string of the molecule is OC1CCCCCC1c1nc(-c2cc(F)cc(F)c2)no1. The Morgan fingerprint density at radius 1 is 1.05 bits per heavy atom. The van der Waals surface area contributed by atoms with Crippen LogP contribution in [-0.4, -0.2) is 21.4 Å². The van der Waals surface area contributed by atoms with E-state index < -0.39 is 17.7 Å². The molecule has 6 heteroatoms. The number of aliphatic hydroxyl groups excluding tert-OH is 1. The fourth-order valence-corrected chi connectivity index (χ4v) is 2.76. The molecule has 1 saturated carbocycles. The summed E-state index contributed by atoms with van der Waals surface area (Å²) in [6.45, 7) is 0. The van der Waals surface area contributed by atoms with Crippen LogP contribution in [0.1, 0.15) is 43.9 Å². The molecule has 0 spiro atoms. The van der Waals surface area contributed by atoms with Gasteiger partial charge in [0.25, 0.3) is 0 Å². The molecule has 2 aromatic rings. The first kappa shape index (κ1) is 14.1. The van der Waals surface area contributed by atoms with Crippen LogP contribution in [0.4, 0.5) is 8.78 Å². The maximum absolute atomic E-state index is 13.2. The molecular weight excluding hydrogens is 278 g/mol. The van der Waals surface area contributed by atoms with Gasteiger partial charge in [-0.15, -0.1) is 0 Å². The van der Waals surface area contributed by atoms with E-state index in [9.17, 15) is 13.9 Å². The van der Waals surface area contributed by atoms with E-state index >= 15 is 0 Å². The van der Waals surface area contributed by atoms with E-state index in [0.29, 0.717) is 12.3 Å². The van der Waals surface area contributed by atoms with Gasteiger partial charge in [0.15, 0.2) is 0 Å². The molecule has 1 aromatic carbocycles. The number of rotatable bonds is 2. The summed E-state index contributed by atoms with van der Waals surface area (Å²) < 4.78 is 31.6. The van der Waals surface area contributed by atoms with Gasteiger partial charge in [0.1, 0.15) is 11.6 Å². The summed E-state index contributed by atoms with van der Waals surface area (Å²) in [5.74, 6) is -1.10. The lowest BCUT2D eigenvalue weighted by atomic mass is 9.97. The molecule has 21 heavy (non-hydrogen) atoms. The minimum Gasteiger partial charge on any atom is -0.392 e. The molecule has 0 amide bonds. The first-order valence-electron chi connectivity index (χ1n) is 7.11. The normalized spacial score (nSPS) is 23.0. The number of aliphatic hydroxyl groups is 1. The third-order valence-electron chi connectivity index (χ3n) is 3.86. The Morgan fingerprint density at radius 2 is 1.76 bits per heavy atom. The molecule has 1 N–H and O–H groups in total. The maximum Gasteiger partial charge on any atom is 0.232 e. The second kappa shape index (κ2) is 5.89. The molecule has 0 radical (unpaired) electrons. The lowest BCUT2D eigenvalue weighted by Crippen LogP contribution is -2.17. The summed E-state index contributed by atoms with van der Waals surface area (Å²) >= 11 is 0. The van der Waals surface area contributed by atoms with Crippen molar-refractivity contribution in [2.24, 2.45) is 0 Å². The highest BCUT2D eigenvalue weighted by molar-refractivity contribution is 5.54. The predicted molar refractivity (Wildman–Crippen MR) is 71.5 cm³/mol. The number of halogens is 2. The average Bonchev–Trinajstić information content (AvgIpc) is 2.81. The Bertz CT molecular complexity index is 610. The summed E-state index contributed by atoms with van der Waals surface area (Å²) in [7, 11) is 0. The van der Waals surface area contributed by atoms with Crippen molar-refractivity contribution < 1.29 is 18.4 Å². The molecule has 112 valence electrons. The topological polar surface area (TPSA) is 59.2 Å². The van der Waals surface area contributed by atoms with Crippen LogP contribution in [0.15, 0.2) is 22.7 Å². The smallest absolute Gasteiger partial charge is 0.232 e. The molecule has 3 rings (SSSR count). The van der Waals surface area contributed by atoms with Crippen molar-refractivity contribution in [3.63, 3.8) is 0 Å². The van der Waals surface area contributed by atoms with Crippen molar-refractivity contribution in [1.82, 2.24) is 10.1 Å². The van der Waals surface area contributed by atoms with Crippen LogP contribution in [0.3, 0.4) is 0 Å². The van der Waals surface area contributed by atoms with Gasteiger partial charge in [0.2, 0.25) is 11.7 Å². The van der Waals surface area contributed by atoms with E-state index in [1.165, 1.54) is 0 Å². The van der Waals surface area contributed by atoms with E-state index in [-0.39, 0.29) is 17.3 Å². The maximum atomic E-state index is 13.2. The number of benzene rings is 1. The van der Waals surface area contributed by atoms with Crippen LogP contribution in [0.2, 0.25) is 0 Å². The molecule has 1 heterocycles. The zero-order chi connectivity index (χ0) is 14.8. The third-order valence-corrected chi connectivity index (χ3v) is 3.86. The van der Waals surface area contributed by atoms with Crippen molar-refractivity contribution in [3.05, 3.63) is 35.7 Å². The van der Waals surface area contributed by atoms with Crippen LogP contribution in [0.25, 0.3) is 11.4 Å². The van der Waals surface area contributed by atoms with Gasteiger partial charge in [-0.05, 0) is 25.0 Å². The highest BCUT2D eigenvalue weighted by Gasteiger charge is 2.28. The number of aromatic nitrogens is 2. The average molecular weight is 294 g/mol. The molecule has 2 atom stereocenters. The molecule has 0 aliphatic heterocycles. The molecule has 2 unspecified atom stereocenters. The van der Waals surface area contributed by atoms with Crippen LogP contribution < -0.4 is 0 Å². The summed E-state index contributed by atoms with van der Waals surface area (Å²) in [6.07, 6.45) is 4.02. The van der Waals surface area contributed by atoms with Gasteiger partial charge in [-0.1, -0.05) is 24.4 Å². The largest absolute Gasteiger partial charge is 0.392 e. The van der Waals surface area contributed by atoms with E-state index in [1.54, 1.807) is 0 Å². The van der Waals surface area contributed by atoms with Crippen molar-refractivity contribution in [2.75, 3.05) is 0 Å². The van der Waals surface area contributed by atoms with Gasteiger partial charge in [-0.25, -0.2) is 8.78 Å². The highest BCUT2D eigenvalue weighted by Crippen LogP contribution is 2.32. The zero-order valence-corrected chi connectivity index (χ0v) is 11.4. The minimum atomic E-state index is -0.689. The predicted octanol–water partition coefficient (Wildman–Crippen LogP) is 3.42. The molecule has 1 fully saturated rings. The lowest BCUT2D eigenvalue weighted by molar-refractivity contribution is 0.119. The fraction of sp³-hybridized carbons (Fsp3) is 0.467. The Labute approximate surface area is 120 Å². The van der Waals surface area contributed by atoms with E-state index in [4.69, 9.17) is 4.52 Å². The van der Waals surface area contributed by atoms with Gasteiger partial charge in [-0.3, -0.25) is 0 Å². The second-order valence-electron chi connectivity index (χ2n) is 5.43. The molecule has 1 aromatic heterocycles. The Hall–Kier alpha value is -1.82. The summed E-state index contributed by atoms with van der Waals surface area (Å²) in [5, 5.41) is 13.9. The quantitative estimate of drug-likeness (QED) is 0.862. The first-order chi connectivity index (χ1) is 10.1. The molecule has 1 aliphatic rings. The third kappa shape index (κ3) is 3.10. The molecule has 4 nitrogen and oxygen atoms in total. The highest BCUT2D eigenvalue weighted by atomic mass is 19.1. The lowest BCUT2D eigenvalue weighted by Gasteiger charge is -2.15. The van der Waals surface area contributed by atoms with Gasteiger partial charge >= 0.3 is 0 Å². The molecule has 0 bridgehead atoms. The van der Waals surface area contributed by atoms with Gasteiger partial charge in [0, 0.05) is 11.6 Å². The first-order valence-corrected chi connectivity index (χ1v) is 7.11. The van der Waals surface area contributed by atoms with E-state index in [0.717, 1.165) is 43.9 Å². The van der Waals surface area contributed by atoms with Gasteiger partial charge in [-0.2, -0.15) is 4.98 Å². The monoisotopic (exact) mass is 294 g/mol. The Kier molecular flexibility index (Phi) is 3.96. The number of nitrogens with zero attached hydrogens (tertiary/aromatic N) is 2. The zero-order valence-electron chi connectivity index (χ0n) is 11.4. The number of hydrogen-bond acceptors (Lipinski definition) is 4. The van der Waals surface area contributed by atoms with Crippen molar-refractivity contribution in [1.29, 1.82) is 0 Å². The molecule has 0 saturated heterocycles. The van der Waals surface area contributed by atoms with Gasteiger partial charge in [0.05, 0.1) is 12.0 Å². The molecule has 1 aliphatic carbocycles. The van der Waals surface area contributed by atoms with Crippen LogP contribution in [0.5, 0.6) is 0 Å². The Balaban J connectivity index is 1.88. The summed E-state index contributed by atoms with van der Waals surface area (Å²) in [6, 6.07) is 3.10. The fourth-order valence-electron chi connectivity index (χ4n) is 2.76. The van der Waals surface area contributed by atoms with Crippen molar-refractivity contribution in [2.45, 2.75) is 44.1 Å². The number of hydrogen-bond donors (Lipinski definition) is 1. The van der Waals surface area contributed by atoms with E-state index in [2.05, 4.69) is 10.1 Å². The summed E-state index contributed by atoms with van der Waals surface area (Å²) in [4.78, 5) is 4.21. The van der Waals surface area contributed by atoms with Crippen LogP contribution in [-0.2, 0) is 0 Å². The second-order valence-corrected chi connectivity index (χ2v) is 5.43. The minimum absolute atomic E-state index is 0.139. The van der Waals surface area contributed by atoms with E-state index in [1.807, 2.05) is 0 Å².